The van der Waals surface area contributed by atoms with Crippen molar-refractivity contribution in [2.45, 2.75) is 12.5 Å². The van der Waals surface area contributed by atoms with E-state index >= 15 is 0 Å². The summed E-state index contributed by atoms with van der Waals surface area (Å²) in [6.07, 6.45) is 1.73. The van der Waals surface area contributed by atoms with Crippen LogP contribution >= 0.6 is 34.8 Å². The van der Waals surface area contributed by atoms with Gasteiger partial charge in [0.05, 0.1) is 34.4 Å². The number of methoxy groups -OCH3 is 1. The molecule has 2 amide bonds. The van der Waals surface area contributed by atoms with Crippen LogP contribution in [-0.4, -0.2) is 37.2 Å². The molecular weight excluding hydrogens is 583 g/mol. The molecule has 0 spiro atoms. The summed E-state index contributed by atoms with van der Waals surface area (Å²) >= 11 is 19.9. The molecule has 0 bridgehead atoms. The number of carbonyl (C=O) groups excluding carboxylic acids is 2. The zero-order chi connectivity index (χ0) is 28.7. The van der Waals surface area contributed by atoms with E-state index in [-0.39, 0.29) is 24.5 Å². The number of benzene rings is 3. The number of urea groups is 1. The zero-order valence-electron chi connectivity index (χ0n) is 22.0. The average Bonchev–Trinajstić information content (AvgIpc) is 3.44. The molecule has 7 nitrogen and oxygen atoms in total. The first-order valence-electron chi connectivity index (χ1n) is 13.0. The van der Waals surface area contributed by atoms with E-state index in [1.807, 2.05) is 48.5 Å². The molecule has 0 radical (unpaired) electrons. The van der Waals surface area contributed by atoms with Crippen LogP contribution in [-0.2, 0) is 16.1 Å². The molecule has 2 atom stereocenters. The number of carbonyl (C=O) groups is 2. The highest BCUT2D eigenvalue weighted by molar-refractivity contribution is 6.40. The summed E-state index contributed by atoms with van der Waals surface area (Å²) in [7, 11) is 1.40. The van der Waals surface area contributed by atoms with Gasteiger partial charge in [0.2, 0.25) is 0 Å². The van der Waals surface area contributed by atoms with Crippen molar-refractivity contribution in [1.29, 1.82) is 0 Å². The van der Waals surface area contributed by atoms with Gasteiger partial charge >= 0.3 is 12.0 Å². The molecular formula is C31H25Cl3N4O3. The first kappa shape index (κ1) is 27.4. The number of nitrogens with zero attached hydrogens (tertiary/aromatic N) is 3. The van der Waals surface area contributed by atoms with Gasteiger partial charge in [-0.05, 0) is 47.5 Å². The molecule has 1 fully saturated rings. The molecule has 0 aliphatic carbocycles. The number of fused-ring (bicyclic) bond motifs is 1. The van der Waals surface area contributed by atoms with Crippen LogP contribution in [0.5, 0.6) is 0 Å². The Labute approximate surface area is 252 Å². The van der Waals surface area contributed by atoms with Crippen molar-refractivity contribution in [2.75, 3.05) is 30.0 Å². The number of hydrogen-bond acceptors (Lipinski definition) is 5. The van der Waals surface area contributed by atoms with E-state index in [0.29, 0.717) is 39.5 Å². The number of ether oxygens (including phenoxy) is 1. The topological polar surface area (TPSA) is 74.8 Å². The number of pyridine rings is 1. The summed E-state index contributed by atoms with van der Waals surface area (Å²) in [6, 6.07) is 22.0. The van der Waals surface area contributed by atoms with Gasteiger partial charge in [-0.15, -0.1) is 0 Å². The number of anilines is 3. The Bertz CT molecular complexity index is 1630. The van der Waals surface area contributed by atoms with Crippen LogP contribution in [0, 0.1) is 5.92 Å². The van der Waals surface area contributed by atoms with E-state index in [1.165, 1.54) is 12.0 Å². The second-order valence-corrected chi connectivity index (χ2v) is 11.2. The summed E-state index contributed by atoms with van der Waals surface area (Å²) in [4.78, 5) is 34.6. The number of hydrogen-bond donors (Lipinski definition) is 1. The van der Waals surface area contributed by atoms with Gasteiger partial charge in [-0.25, -0.2) is 9.78 Å². The maximum Gasteiger partial charge on any atom is 0.326 e. The molecule has 1 saturated heterocycles. The van der Waals surface area contributed by atoms with Crippen LogP contribution in [0.25, 0.3) is 11.1 Å². The fourth-order valence-corrected chi connectivity index (χ4v) is 6.54. The van der Waals surface area contributed by atoms with Crippen molar-refractivity contribution >= 4 is 64.0 Å². The molecule has 4 aromatic rings. The average molecular weight is 608 g/mol. The molecule has 0 saturated carbocycles. The lowest BCUT2D eigenvalue weighted by atomic mass is 9.84. The van der Waals surface area contributed by atoms with Crippen LogP contribution in [0.4, 0.5) is 22.0 Å². The minimum absolute atomic E-state index is 0.260. The van der Waals surface area contributed by atoms with Crippen LogP contribution in [0.3, 0.4) is 0 Å². The molecule has 1 N–H and O–H groups in total. The lowest BCUT2D eigenvalue weighted by molar-refractivity contribution is -0.145. The maximum atomic E-state index is 13.4. The molecule has 1 aromatic heterocycles. The summed E-state index contributed by atoms with van der Waals surface area (Å²) < 4.78 is 5.24. The summed E-state index contributed by atoms with van der Waals surface area (Å²) in [5, 5.41) is 4.19. The predicted octanol–water partition coefficient (Wildman–Crippen LogP) is 7.46. The first-order chi connectivity index (χ1) is 19.9. The lowest BCUT2D eigenvalue weighted by Gasteiger charge is -2.34. The summed E-state index contributed by atoms with van der Waals surface area (Å²) in [5.74, 6) is -0.260. The van der Waals surface area contributed by atoms with Crippen LogP contribution in [0.15, 0.2) is 79.0 Å². The number of halogens is 3. The van der Waals surface area contributed by atoms with Crippen molar-refractivity contribution in [1.82, 2.24) is 10.3 Å². The third kappa shape index (κ3) is 4.99. The number of aromatic nitrogens is 1. The SMILES string of the molecule is COC(=O)[C@H]1CN(c2ccccn2)CC1c1cc(-c2ccccc2Cl)c2c(c1)N(c1c(Cl)cccc1Cl)C(=O)NC2. The Balaban J connectivity index is 1.57. The number of nitrogens with one attached hydrogen (secondary N) is 1. The van der Waals surface area contributed by atoms with Gasteiger partial charge in [-0.1, -0.05) is 71.2 Å². The lowest BCUT2D eigenvalue weighted by Crippen LogP contribution is -2.42. The molecule has 3 heterocycles. The molecule has 41 heavy (non-hydrogen) atoms. The van der Waals surface area contributed by atoms with Crippen molar-refractivity contribution in [2.24, 2.45) is 5.92 Å². The smallest absolute Gasteiger partial charge is 0.326 e. The number of esters is 1. The molecule has 6 rings (SSSR count). The molecule has 10 heteroatoms. The van der Waals surface area contributed by atoms with Gasteiger partial charge in [0, 0.05) is 47.9 Å². The van der Waals surface area contributed by atoms with Gasteiger partial charge in [0.25, 0.3) is 0 Å². The van der Waals surface area contributed by atoms with Gasteiger partial charge in [0.15, 0.2) is 0 Å². The second-order valence-electron chi connectivity index (χ2n) is 9.94. The fourth-order valence-electron chi connectivity index (χ4n) is 5.73. The van der Waals surface area contributed by atoms with E-state index in [9.17, 15) is 9.59 Å². The standard InChI is InChI=1S/C31H25Cl3N4O3/c1-41-30(39)23-17-37(28-11-4-5-12-35-28)16-22(23)18-13-20(19-7-2-3-8-24(19)32)21-15-36-31(40)38(27(21)14-18)29-25(33)9-6-10-26(29)34/h2-14,22-23H,15-17H2,1H3,(H,36,40)/t22?,23-/m0/s1. The molecule has 1 unspecified atom stereocenters. The monoisotopic (exact) mass is 606 g/mol. The van der Waals surface area contributed by atoms with E-state index in [4.69, 9.17) is 39.5 Å². The van der Waals surface area contributed by atoms with E-state index in [1.54, 1.807) is 24.4 Å². The Hall–Kier alpha value is -3.78. The van der Waals surface area contributed by atoms with Gasteiger partial charge in [-0.2, -0.15) is 0 Å². The van der Waals surface area contributed by atoms with E-state index < -0.39 is 5.92 Å². The first-order valence-corrected chi connectivity index (χ1v) is 14.2. The van der Waals surface area contributed by atoms with Crippen molar-refractivity contribution in [3.8, 4) is 11.1 Å². The van der Waals surface area contributed by atoms with Crippen LogP contribution in [0.2, 0.25) is 15.1 Å². The molecule has 3 aromatic carbocycles. The Morgan fingerprint density at radius 1 is 0.927 bits per heavy atom. The molecule has 208 valence electrons. The molecule has 2 aliphatic rings. The maximum absolute atomic E-state index is 13.4. The number of para-hydroxylation sites is 1. The highest BCUT2D eigenvalue weighted by atomic mass is 35.5. The van der Waals surface area contributed by atoms with Crippen molar-refractivity contribution in [3.63, 3.8) is 0 Å². The minimum atomic E-state index is -0.464. The van der Waals surface area contributed by atoms with Crippen molar-refractivity contribution < 1.29 is 14.3 Å². The highest BCUT2D eigenvalue weighted by Crippen LogP contribution is 2.47. The van der Waals surface area contributed by atoms with Gasteiger partial charge in [0.1, 0.15) is 5.82 Å². The molecule has 2 aliphatic heterocycles. The van der Waals surface area contributed by atoms with Gasteiger partial charge in [-0.3, -0.25) is 9.69 Å². The van der Waals surface area contributed by atoms with E-state index in [0.717, 1.165) is 28.1 Å². The third-order valence-electron chi connectivity index (χ3n) is 7.66. The largest absolute Gasteiger partial charge is 0.469 e. The quantitative estimate of drug-likeness (QED) is 0.238. The van der Waals surface area contributed by atoms with Crippen LogP contribution in [0.1, 0.15) is 17.0 Å². The third-order valence-corrected chi connectivity index (χ3v) is 8.60. The highest BCUT2D eigenvalue weighted by Gasteiger charge is 2.41. The Morgan fingerprint density at radius 2 is 1.66 bits per heavy atom. The van der Waals surface area contributed by atoms with Crippen LogP contribution < -0.4 is 15.1 Å². The predicted molar refractivity (Wildman–Crippen MR) is 162 cm³/mol. The Kier molecular flexibility index (Phi) is 7.51. The number of rotatable bonds is 5. The number of amides is 2. The zero-order valence-corrected chi connectivity index (χ0v) is 24.2. The summed E-state index contributed by atoms with van der Waals surface area (Å²) in [5.41, 5.74) is 4.36. The fraction of sp³-hybridized carbons (Fsp3) is 0.194. The van der Waals surface area contributed by atoms with E-state index in [2.05, 4.69) is 21.3 Å². The minimum Gasteiger partial charge on any atom is -0.469 e. The van der Waals surface area contributed by atoms with Gasteiger partial charge < -0.3 is 15.0 Å². The Morgan fingerprint density at radius 3 is 2.37 bits per heavy atom. The van der Waals surface area contributed by atoms with Crippen molar-refractivity contribution in [3.05, 3.63) is 105 Å². The second kappa shape index (κ2) is 11.2. The summed E-state index contributed by atoms with van der Waals surface area (Å²) in [6.45, 7) is 1.24. The normalized spacial score (nSPS) is 18.2.